The van der Waals surface area contributed by atoms with Gasteiger partial charge in [-0.15, -0.1) is 0 Å². The standard InChI is InChI=1S/C25H31Cl2N5O2/c26-18-6-4-17(5-7-18)20(9-12-33)32-24(34)25(28)10-2-1-3-16(8-11-25)13-21-22-19(27)14-29-23(22)31-15-30-21/h4-7,14-16,20,33H,1-3,8-13,28H2,(H,32,34)(H,29,30,31)/t16?,20-,25?/m0/s1. The van der Waals surface area contributed by atoms with Crippen LogP contribution in [0.15, 0.2) is 36.8 Å². The number of carbonyl (C=O) groups is 1. The first-order valence-corrected chi connectivity index (χ1v) is 12.6. The quantitative estimate of drug-likeness (QED) is 0.372. The van der Waals surface area contributed by atoms with E-state index in [4.69, 9.17) is 28.9 Å². The van der Waals surface area contributed by atoms with Crippen LogP contribution in [0.3, 0.4) is 0 Å². The van der Waals surface area contributed by atoms with Gasteiger partial charge < -0.3 is 21.1 Å². The monoisotopic (exact) mass is 503 g/mol. The molecule has 0 bridgehead atoms. The Balaban J connectivity index is 1.45. The molecule has 2 aromatic heterocycles. The summed E-state index contributed by atoms with van der Waals surface area (Å²) < 4.78 is 0. The minimum atomic E-state index is -0.953. The predicted octanol–water partition coefficient (Wildman–Crippen LogP) is 4.72. The maximum absolute atomic E-state index is 13.4. The lowest BCUT2D eigenvalue weighted by Crippen LogP contribution is -2.55. The Morgan fingerprint density at radius 3 is 2.76 bits per heavy atom. The minimum Gasteiger partial charge on any atom is -0.396 e. The number of rotatable bonds is 7. The van der Waals surface area contributed by atoms with Gasteiger partial charge in [-0.2, -0.15) is 0 Å². The van der Waals surface area contributed by atoms with Crippen LogP contribution in [-0.4, -0.2) is 38.1 Å². The van der Waals surface area contributed by atoms with Crippen LogP contribution in [0.4, 0.5) is 0 Å². The zero-order valence-corrected chi connectivity index (χ0v) is 20.6. The molecule has 2 unspecified atom stereocenters. The van der Waals surface area contributed by atoms with Crippen LogP contribution in [-0.2, 0) is 11.2 Å². The van der Waals surface area contributed by atoms with Gasteiger partial charge in [-0.3, -0.25) is 4.79 Å². The van der Waals surface area contributed by atoms with E-state index >= 15 is 0 Å². The van der Waals surface area contributed by atoms with Crippen molar-refractivity contribution in [3.63, 3.8) is 0 Å². The molecule has 0 radical (unpaired) electrons. The van der Waals surface area contributed by atoms with E-state index in [0.29, 0.717) is 35.2 Å². The zero-order chi connectivity index (χ0) is 24.1. The molecule has 3 aromatic rings. The molecule has 182 valence electrons. The van der Waals surface area contributed by atoms with E-state index in [1.165, 1.54) is 0 Å². The number of fused-ring (bicyclic) bond motifs is 1. The Morgan fingerprint density at radius 2 is 2.00 bits per heavy atom. The third-order valence-corrected chi connectivity index (χ3v) is 7.46. The van der Waals surface area contributed by atoms with Crippen LogP contribution in [0, 0.1) is 5.92 Å². The second-order valence-corrected chi connectivity index (χ2v) is 10.1. The van der Waals surface area contributed by atoms with Gasteiger partial charge in [0.1, 0.15) is 12.0 Å². The fraction of sp³-hybridized carbons (Fsp3) is 0.480. The normalized spacial score (nSPS) is 22.2. The number of halogens is 2. The molecule has 1 fully saturated rings. The summed E-state index contributed by atoms with van der Waals surface area (Å²) in [5.74, 6) is 0.184. The number of aromatic amines is 1. The number of aliphatic hydroxyl groups excluding tert-OH is 1. The Hall–Kier alpha value is -2.19. The Bertz CT molecular complexity index is 1120. The van der Waals surface area contributed by atoms with Crippen LogP contribution in [0.25, 0.3) is 11.0 Å². The summed E-state index contributed by atoms with van der Waals surface area (Å²) in [5, 5.41) is 14.8. The van der Waals surface area contributed by atoms with Crippen molar-refractivity contribution >= 4 is 40.1 Å². The Kier molecular flexibility index (Phi) is 8.09. The van der Waals surface area contributed by atoms with Crippen molar-refractivity contribution in [3.05, 3.63) is 58.1 Å². The van der Waals surface area contributed by atoms with Crippen LogP contribution >= 0.6 is 23.2 Å². The molecule has 2 heterocycles. The highest BCUT2D eigenvalue weighted by molar-refractivity contribution is 6.35. The maximum Gasteiger partial charge on any atom is 0.240 e. The van der Waals surface area contributed by atoms with Crippen molar-refractivity contribution in [1.29, 1.82) is 0 Å². The molecule has 1 aromatic carbocycles. The summed E-state index contributed by atoms with van der Waals surface area (Å²) in [7, 11) is 0. The van der Waals surface area contributed by atoms with E-state index < -0.39 is 5.54 Å². The van der Waals surface area contributed by atoms with Crippen LogP contribution in [0.5, 0.6) is 0 Å². The lowest BCUT2D eigenvalue weighted by molar-refractivity contribution is -0.128. The minimum absolute atomic E-state index is 0.0393. The number of hydrogen-bond donors (Lipinski definition) is 4. The first kappa shape index (κ1) is 24.9. The van der Waals surface area contributed by atoms with E-state index in [1.54, 1.807) is 24.7 Å². The van der Waals surface area contributed by atoms with Crippen LogP contribution in [0.1, 0.15) is 62.2 Å². The number of H-pyrrole nitrogens is 1. The molecule has 0 aliphatic heterocycles. The number of carbonyl (C=O) groups excluding carboxylic acids is 1. The van der Waals surface area contributed by atoms with Gasteiger partial charge in [0, 0.05) is 17.8 Å². The summed E-state index contributed by atoms with van der Waals surface area (Å²) in [6, 6.07) is 6.99. The van der Waals surface area contributed by atoms with Gasteiger partial charge >= 0.3 is 0 Å². The summed E-state index contributed by atoms with van der Waals surface area (Å²) >= 11 is 12.4. The number of hydrogen-bond acceptors (Lipinski definition) is 5. The number of benzene rings is 1. The van der Waals surface area contributed by atoms with E-state index in [-0.39, 0.29) is 18.6 Å². The molecule has 1 saturated carbocycles. The van der Waals surface area contributed by atoms with Gasteiger partial charge in [-0.25, -0.2) is 9.97 Å². The summed E-state index contributed by atoms with van der Waals surface area (Å²) in [5.41, 5.74) is 8.34. The van der Waals surface area contributed by atoms with E-state index in [2.05, 4.69) is 20.3 Å². The molecule has 1 aliphatic rings. The first-order chi connectivity index (χ1) is 16.4. The average molecular weight is 504 g/mol. The van der Waals surface area contributed by atoms with E-state index in [0.717, 1.165) is 54.4 Å². The Morgan fingerprint density at radius 1 is 1.21 bits per heavy atom. The number of nitrogens with two attached hydrogens (primary N) is 1. The molecule has 7 nitrogen and oxygen atoms in total. The molecule has 9 heteroatoms. The van der Waals surface area contributed by atoms with E-state index in [1.807, 2.05) is 12.1 Å². The first-order valence-electron chi connectivity index (χ1n) is 11.8. The number of aliphatic hydroxyl groups is 1. The highest BCUT2D eigenvalue weighted by atomic mass is 35.5. The van der Waals surface area contributed by atoms with Gasteiger partial charge in [-0.05, 0) is 55.7 Å². The van der Waals surface area contributed by atoms with Crippen molar-refractivity contribution < 1.29 is 9.90 Å². The third kappa shape index (κ3) is 5.71. The molecule has 1 aliphatic carbocycles. The van der Waals surface area contributed by atoms with Crippen molar-refractivity contribution in [2.24, 2.45) is 11.7 Å². The molecule has 34 heavy (non-hydrogen) atoms. The summed E-state index contributed by atoms with van der Waals surface area (Å²) in [6.45, 7) is -0.0393. The van der Waals surface area contributed by atoms with Crippen molar-refractivity contribution in [3.8, 4) is 0 Å². The molecular formula is C25H31Cl2N5O2. The fourth-order valence-electron chi connectivity index (χ4n) is 4.90. The highest BCUT2D eigenvalue weighted by Gasteiger charge is 2.36. The SMILES string of the molecule is NC1(C(=O)N[C@@H](CCO)c2ccc(Cl)cc2)CCCCC(Cc2ncnc3[nH]cc(Cl)c23)CC1. The maximum atomic E-state index is 13.4. The second-order valence-electron chi connectivity index (χ2n) is 9.28. The molecule has 0 spiro atoms. The van der Waals surface area contributed by atoms with E-state index in [9.17, 15) is 9.90 Å². The number of aromatic nitrogens is 3. The predicted molar refractivity (Wildman–Crippen MR) is 135 cm³/mol. The summed E-state index contributed by atoms with van der Waals surface area (Å²) in [6.07, 6.45) is 9.48. The van der Waals surface area contributed by atoms with Gasteiger partial charge in [0.2, 0.25) is 5.91 Å². The fourth-order valence-corrected chi connectivity index (χ4v) is 5.28. The molecule has 0 saturated heterocycles. The van der Waals surface area contributed by atoms with Crippen molar-refractivity contribution in [2.45, 2.75) is 62.9 Å². The van der Waals surface area contributed by atoms with Crippen molar-refractivity contribution in [1.82, 2.24) is 20.3 Å². The summed E-state index contributed by atoms with van der Waals surface area (Å²) in [4.78, 5) is 25.2. The van der Waals surface area contributed by atoms with Gasteiger partial charge in [0.05, 0.1) is 27.7 Å². The number of nitrogens with one attached hydrogen (secondary N) is 2. The Labute approximate surface area is 209 Å². The molecule has 3 atom stereocenters. The smallest absolute Gasteiger partial charge is 0.240 e. The van der Waals surface area contributed by atoms with Crippen LogP contribution < -0.4 is 11.1 Å². The largest absolute Gasteiger partial charge is 0.396 e. The lowest BCUT2D eigenvalue weighted by Gasteiger charge is -2.34. The third-order valence-electron chi connectivity index (χ3n) is 6.91. The topological polar surface area (TPSA) is 117 Å². The molecular weight excluding hydrogens is 473 g/mol. The molecule has 4 rings (SSSR count). The van der Waals surface area contributed by atoms with Gasteiger partial charge in [0.15, 0.2) is 0 Å². The lowest BCUT2D eigenvalue weighted by atomic mass is 9.78. The molecule has 5 N–H and O–H groups in total. The van der Waals surface area contributed by atoms with Gasteiger partial charge in [-0.1, -0.05) is 54.6 Å². The van der Waals surface area contributed by atoms with Gasteiger partial charge in [0.25, 0.3) is 0 Å². The highest BCUT2D eigenvalue weighted by Crippen LogP contribution is 2.33. The number of amides is 1. The number of nitrogens with zero attached hydrogens (tertiary/aromatic N) is 2. The second kappa shape index (κ2) is 11.0. The molecule has 1 amide bonds. The zero-order valence-electron chi connectivity index (χ0n) is 19.1. The van der Waals surface area contributed by atoms with Crippen molar-refractivity contribution in [2.75, 3.05) is 6.61 Å². The van der Waals surface area contributed by atoms with Crippen LogP contribution in [0.2, 0.25) is 10.0 Å². The average Bonchev–Trinajstić information content (AvgIpc) is 3.20.